The number of hydrogen-bond acceptors (Lipinski definition) is 5. The zero-order valence-corrected chi connectivity index (χ0v) is 15.6. The molecule has 0 radical (unpaired) electrons. The van der Waals surface area contributed by atoms with Gasteiger partial charge in [0.25, 0.3) is 0 Å². The summed E-state index contributed by atoms with van der Waals surface area (Å²) in [5.41, 5.74) is 3.28. The third-order valence-electron chi connectivity index (χ3n) is 4.51. The Labute approximate surface area is 156 Å². The number of thiazole rings is 1. The van der Waals surface area contributed by atoms with Gasteiger partial charge in [0.2, 0.25) is 0 Å². The number of aryl methyl sites for hydroxylation is 1. The highest BCUT2D eigenvalue weighted by atomic mass is 35.5. The lowest BCUT2D eigenvalue weighted by Crippen LogP contribution is -2.45. The zero-order valence-electron chi connectivity index (χ0n) is 14.1. The van der Waals surface area contributed by atoms with Crippen molar-refractivity contribution in [2.45, 2.75) is 13.5 Å². The monoisotopic (exact) mass is 373 g/mol. The molecule has 25 heavy (non-hydrogen) atoms. The lowest BCUT2D eigenvalue weighted by Gasteiger charge is -2.34. The molecule has 1 N–H and O–H groups in total. The molecule has 6 heteroatoms. The number of phenolic OH excluding ortho intramolecular Hbond substituents is 1. The van der Waals surface area contributed by atoms with Crippen LogP contribution in [0.2, 0.25) is 5.02 Å². The minimum absolute atomic E-state index is 0.349. The van der Waals surface area contributed by atoms with E-state index < -0.39 is 0 Å². The van der Waals surface area contributed by atoms with Gasteiger partial charge in [0.1, 0.15) is 5.75 Å². The standard InChI is InChI=1S/C19H20ClN3OS/c1-13-8-14(10-16(24)9-13)12-22-4-6-23(7-5-22)19-21-17-3-2-15(20)11-18(17)25-19/h2-3,8-11,24H,4-7,12H2,1H3. The smallest absolute Gasteiger partial charge is 0.186 e. The maximum Gasteiger partial charge on any atom is 0.186 e. The summed E-state index contributed by atoms with van der Waals surface area (Å²) >= 11 is 7.78. The second kappa shape index (κ2) is 6.83. The second-order valence-corrected chi connectivity index (χ2v) is 7.99. The summed E-state index contributed by atoms with van der Waals surface area (Å²) in [7, 11) is 0. The van der Waals surface area contributed by atoms with Gasteiger partial charge in [-0.15, -0.1) is 0 Å². The molecule has 0 aliphatic carbocycles. The van der Waals surface area contributed by atoms with Crippen LogP contribution in [0.25, 0.3) is 10.2 Å². The fourth-order valence-corrected chi connectivity index (χ4v) is 4.60. The van der Waals surface area contributed by atoms with Gasteiger partial charge >= 0.3 is 0 Å². The van der Waals surface area contributed by atoms with Crippen molar-refractivity contribution in [3.8, 4) is 5.75 Å². The van der Waals surface area contributed by atoms with Crippen molar-refractivity contribution in [2.75, 3.05) is 31.1 Å². The minimum Gasteiger partial charge on any atom is -0.508 e. The maximum absolute atomic E-state index is 9.76. The Kier molecular flexibility index (Phi) is 4.54. The Hall–Kier alpha value is -1.82. The van der Waals surface area contributed by atoms with E-state index in [0.29, 0.717) is 5.75 Å². The van der Waals surface area contributed by atoms with Gasteiger partial charge in [-0.2, -0.15) is 0 Å². The second-order valence-electron chi connectivity index (χ2n) is 6.55. The van der Waals surface area contributed by atoms with E-state index in [2.05, 4.69) is 15.9 Å². The number of fused-ring (bicyclic) bond motifs is 1. The average Bonchev–Trinajstić information content (AvgIpc) is 2.97. The molecule has 0 atom stereocenters. The third kappa shape index (κ3) is 3.73. The fraction of sp³-hybridized carbons (Fsp3) is 0.316. The molecule has 0 unspecified atom stereocenters. The topological polar surface area (TPSA) is 39.6 Å². The predicted molar refractivity (Wildman–Crippen MR) is 105 cm³/mol. The quantitative estimate of drug-likeness (QED) is 0.743. The maximum atomic E-state index is 9.76. The van der Waals surface area contributed by atoms with Crippen LogP contribution in [0.5, 0.6) is 5.75 Å². The highest BCUT2D eigenvalue weighted by molar-refractivity contribution is 7.22. The summed E-state index contributed by atoms with van der Waals surface area (Å²) in [6.07, 6.45) is 0. The molecule has 1 aliphatic heterocycles. The van der Waals surface area contributed by atoms with Crippen LogP contribution >= 0.6 is 22.9 Å². The van der Waals surface area contributed by atoms with E-state index in [1.54, 1.807) is 17.4 Å². The van der Waals surface area contributed by atoms with Crippen molar-refractivity contribution < 1.29 is 5.11 Å². The van der Waals surface area contributed by atoms with Gasteiger partial charge in [0.05, 0.1) is 10.2 Å². The van der Waals surface area contributed by atoms with Gasteiger partial charge in [-0.1, -0.05) is 29.0 Å². The van der Waals surface area contributed by atoms with Gasteiger partial charge in [0, 0.05) is 37.7 Å². The lowest BCUT2D eigenvalue weighted by atomic mass is 10.1. The van der Waals surface area contributed by atoms with Crippen LogP contribution in [0.3, 0.4) is 0 Å². The number of hydrogen-bond donors (Lipinski definition) is 1. The van der Waals surface area contributed by atoms with Crippen molar-refractivity contribution >= 4 is 38.3 Å². The van der Waals surface area contributed by atoms with E-state index in [0.717, 1.165) is 58.7 Å². The first kappa shape index (κ1) is 16.6. The lowest BCUT2D eigenvalue weighted by molar-refractivity contribution is 0.249. The van der Waals surface area contributed by atoms with E-state index in [1.807, 2.05) is 31.2 Å². The molecule has 0 bridgehead atoms. The van der Waals surface area contributed by atoms with E-state index in [9.17, 15) is 5.11 Å². The summed E-state index contributed by atoms with van der Waals surface area (Å²) in [4.78, 5) is 9.52. The van der Waals surface area contributed by atoms with Crippen molar-refractivity contribution in [3.05, 3.63) is 52.5 Å². The van der Waals surface area contributed by atoms with Crippen molar-refractivity contribution in [3.63, 3.8) is 0 Å². The van der Waals surface area contributed by atoms with E-state index in [4.69, 9.17) is 16.6 Å². The largest absolute Gasteiger partial charge is 0.508 e. The number of aromatic nitrogens is 1. The highest BCUT2D eigenvalue weighted by Gasteiger charge is 2.20. The molecule has 0 saturated carbocycles. The summed E-state index contributed by atoms with van der Waals surface area (Å²) in [5.74, 6) is 0.349. The fourth-order valence-electron chi connectivity index (χ4n) is 3.31. The number of benzene rings is 2. The summed E-state index contributed by atoms with van der Waals surface area (Å²) in [6, 6.07) is 11.7. The summed E-state index contributed by atoms with van der Waals surface area (Å²) in [5, 5.41) is 11.6. The Bertz CT molecular complexity index is 883. The van der Waals surface area contributed by atoms with Gasteiger partial charge < -0.3 is 10.0 Å². The van der Waals surface area contributed by atoms with Gasteiger partial charge in [-0.3, -0.25) is 4.90 Å². The predicted octanol–water partition coefficient (Wildman–Crippen LogP) is 4.29. The van der Waals surface area contributed by atoms with E-state index in [1.165, 1.54) is 5.56 Å². The molecule has 0 spiro atoms. The Morgan fingerprint density at radius 3 is 2.68 bits per heavy atom. The SMILES string of the molecule is Cc1cc(O)cc(CN2CCN(c3nc4ccc(Cl)cc4s3)CC2)c1. The Morgan fingerprint density at radius 1 is 1.12 bits per heavy atom. The number of phenols is 1. The van der Waals surface area contributed by atoms with E-state index >= 15 is 0 Å². The van der Waals surface area contributed by atoms with E-state index in [-0.39, 0.29) is 0 Å². The van der Waals surface area contributed by atoms with Crippen LogP contribution in [0, 0.1) is 6.92 Å². The van der Waals surface area contributed by atoms with Crippen molar-refractivity contribution in [1.82, 2.24) is 9.88 Å². The Balaban J connectivity index is 1.42. The third-order valence-corrected chi connectivity index (χ3v) is 5.82. The molecule has 1 fully saturated rings. The molecule has 2 aromatic carbocycles. The van der Waals surface area contributed by atoms with Crippen LogP contribution in [-0.4, -0.2) is 41.2 Å². The summed E-state index contributed by atoms with van der Waals surface area (Å²) in [6.45, 7) is 6.80. The number of aromatic hydroxyl groups is 1. The molecule has 3 aromatic rings. The number of nitrogens with zero attached hydrogens (tertiary/aromatic N) is 3. The van der Waals surface area contributed by atoms with Gasteiger partial charge in [0.15, 0.2) is 5.13 Å². The molecule has 130 valence electrons. The van der Waals surface area contributed by atoms with Crippen LogP contribution in [0.15, 0.2) is 36.4 Å². The molecule has 1 aromatic heterocycles. The molecule has 0 amide bonds. The average molecular weight is 374 g/mol. The van der Waals surface area contributed by atoms with Crippen molar-refractivity contribution in [2.24, 2.45) is 0 Å². The van der Waals surface area contributed by atoms with Crippen molar-refractivity contribution in [1.29, 1.82) is 0 Å². The molecule has 1 aliphatic rings. The molecule has 2 heterocycles. The number of anilines is 1. The molecular weight excluding hydrogens is 354 g/mol. The zero-order chi connectivity index (χ0) is 17.4. The highest BCUT2D eigenvalue weighted by Crippen LogP contribution is 2.31. The first-order chi connectivity index (χ1) is 12.1. The number of halogens is 1. The number of rotatable bonds is 3. The first-order valence-corrected chi connectivity index (χ1v) is 9.59. The number of piperazine rings is 1. The van der Waals surface area contributed by atoms with Crippen LogP contribution < -0.4 is 4.90 Å². The summed E-state index contributed by atoms with van der Waals surface area (Å²) < 4.78 is 1.14. The normalized spacial score (nSPS) is 15.8. The molecule has 1 saturated heterocycles. The molecule has 4 rings (SSSR count). The molecular formula is C19H20ClN3OS. The molecule has 4 nitrogen and oxygen atoms in total. The van der Waals surface area contributed by atoms with Gasteiger partial charge in [-0.25, -0.2) is 4.98 Å². The Morgan fingerprint density at radius 2 is 1.92 bits per heavy atom. The van der Waals surface area contributed by atoms with Crippen LogP contribution in [-0.2, 0) is 6.54 Å². The first-order valence-electron chi connectivity index (χ1n) is 8.40. The van der Waals surface area contributed by atoms with Crippen LogP contribution in [0.4, 0.5) is 5.13 Å². The van der Waals surface area contributed by atoms with Gasteiger partial charge in [-0.05, 0) is 48.4 Å². The van der Waals surface area contributed by atoms with Crippen LogP contribution in [0.1, 0.15) is 11.1 Å². The minimum atomic E-state index is 0.349.